The van der Waals surface area contributed by atoms with Crippen LogP contribution in [0.15, 0.2) is 84.0 Å². The van der Waals surface area contributed by atoms with Crippen molar-refractivity contribution in [1.82, 2.24) is 24.5 Å². The monoisotopic (exact) mass is 497 g/mol. The fraction of sp³-hybridized carbons (Fsp3) is 0.179. The maximum Gasteiger partial charge on any atom is 0.175 e. The molecule has 0 N–H and O–H groups in total. The molecular formula is C28H27N5O2S. The molecular weight excluding hydrogens is 470 g/mol. The zero-order valence-electron chi connectivity index (χ0n) is 20.7. The number of aryl methyl sites for hydroxylation is 3. The summed E-state index contributed by atoms with van der Waals surface area (Å²) >= 11 is 0. The summed E-state index contributed by atoms with van der Waals surface area (Å²) in [5.74, 6) is 0.862. The zero-order valence-corrected chi connectivity index (χ0v) is 21.5. The maximum absolute atomic E-state index is 12.2. The molecule has 0 radical (unpaired) electrons. The molecule has 5 rings (SSSR count). The Morgan fingerprint density at radius 2 is 1.61 bits per heavy atom. The van der Waals surface area contributed by atoms with Crippen LogP contribution in [0.1, 0.15) is 28.3 Å². The molecule has 0 saturated carbocycles. The molecule has 7 nitrogen and oxygen atoms in total. The Morgan fingerprint density at radius 3 is 2.31 bits per heavy atom. The van der Waals surface area contributed by atoms with Crippen molar-refractivity contribution in [3.8, 4) is 22.5 Å². The van der Waals surface area contributed by atoms with Crippen molar-refractivity contribution in [3.63, 3.8) is 0 Å². The first-order chi connectivity index (χ1) is 17.2. The van der Waals surface area contributed by atoms with Crippen LogP contribution >= 0.6 is 0 Å². The van der Waals surface area contributed by atoms with Gasteiger partial charge in [0.1, 0.15) is 5.82 Å². The van der Waals surface area contributed by atoms with Crippen LogP contribution in [-0.2, 0) is 16.3 Å². The average Bonchev–Trinajstić information content (AvgIpc) is 3.45. The summed E-state index contributed by atoms with van der Waals surface area (Å²) in [7, 11) is -3.33. The predicted molar refractivity (Wildman–Crippen MR) is 140 cm³/mol. The van der Waals surface area contributed by atoms with Crippen LogP contribution in [0.2, 0.25) is 0 Å². The molecule has 0 aliphatic heterocycles. The van der Waals surface area contributed by atoms with Crippen LogP contribution in [0.5, 0.6) is 0 Å². The summed E-state index contributed by atoms with van der Waals surface area (Å²) in [6.07, 6.45) is 5.67. The number of sulfone groups is 1. The van der Waals surface area contributed by atoms with Crippen molar-refractivity contribution in [2.45, 2.75) is 32.1 Å². The lowest BCUT2D eigenvalue weighted by Crippen LogP contribution is -2.09. The molecule has 2 aromatic heterocycles. The summed E-state index contributed by atoms with van der Waals surface area (Å²) < 4.78 is 28.2. The Balaban J connectivity index is 1.67. The molecule has 5 aromatic rings. The minimum Gasteiger partial charge on any atom is -0.302 e. The lowest BCUT2D eigenvalue weighted by molar-refractivity contribution is 0.602. The standard InChI is InChI=1S/C28H27N5O2S/c1-19-8-10-22(11-9-19)14-25-17-29-31-33(25)28-16-24(23-6-5-7-26(15-23)36(4,34)35)12-13-27(28)32-18-20(2)30-21(32)3/h5-13,15-18H,14H2,1-4H3. The van der Waals surface area contributed by atoms with Crippen molar-refractivity contribution in [2.24, 2.45) is 0 Å². The van der Waals surface area contributed by atoms with Crippen molar-refractivity contribution in [2.75, 3.05) is 6.26 Å². The first kappa shape index (κ1) is 23.7. The van der Waals surface area contributed by atoms with Gasteiger partial charge < -0.3 is 4.57 Å². The molecule has 0 aliphatic rings. The molecule has 182 valence electrons. The number of imidazole rings is 1. The molecule has 0 spiro atoms. The highest BCUT2D eigenvalue weighted by molar-refractivity contribution is 7.90. The smallest absolute Gasteiger partial charge is 0.175 e. The van der Waals surface area contributed by atoms with E-state index in [0.29, 0.717) is 6.42 Å². The molecule has 3 aromatic carbocycles. The first-order valence-corrected chi connectivity index (χ1v) is 13.5. The summed E-state index contributed by atoms with van der Waals surface area (Å²) in [6, 6.07) is 21.5. The van der Waals surface area contributed by atoms with Gasteiger partial charge in [0.05, 0.1) is 33.9 Å². The van der Waals surface area contributed by atoms with Crippen molar-refractivity contribution >= 4 is 9.84 Å². The minimum atomic E-state index is -3.33. The maximum atomic E-state index is 12.2. The Morgan fingerprint density at radius 1 is 0.861 bits per heavy atom. The van der Waals surface area contributed by atoms with E-state index in [2.05, 4.69) is 46.5 Å². The summed E-state index contributed by atoms with van der Waals surface area (Å²) in [5.41, 5.74) is 7.66. The number of hydrogen-bond donors (Lipinski definition) is 0. The third-order valence-electron chi connectivity index (χ3n) is 6.19. The summed E-state index contributed by atoms with van der Waals surface area (Å²) in [4.78, 5) is 4.86. The van der Waals surface area contributed by atoms with E-state index >= 15 is 0 Å². The van der Waals surface area contributed by atoms with E-state index in [0.717, 1.165) is 45.3 Å². The molecule has 2 heterocycles. The highest BCUT2D eigenvalue weighted by atomic mass is 32.2. The Kier molecular flexibility index (Phi) is 6.05. The quantitative estimate of drug-likeness (QED) is 0.328. The van der Waals surface area contributed by atoms with Gasteiger partial charge in [0.25, 0.3) is 0 Å². The summed E-state index contributed by atoms with van der Waals surface area (Å²) in [5, 5.41) is 8.68. The van der Waals surface area contributed by atoms with E-state index in [1.807, 2.05) is 53.6 Å². The number of nitrogens with zero attached hydrogens (tertiary/aromatic N) is 5. The average molecular weight is 498 g/mol. The van der Waals surface area contributed by atoms with E-state index in [-0.39, 0.29) is 4.90 Å². The molecule has 0 unspecified atom stereocenters. The third-order valence-corrected chi connectivity index (χ3v) is 7.30. The largest absolute Gasteiger partial charge is 0.302 e. The zero-order chi connectivity index (χ0) is 25.4. The van der Waals surface area contributed by atoms with E-state index in [1.54, 1.807) is 24.4 Å². The second-order valence-electron chi connectivity index (χ2n) is 9.10. The van der Waals surface area contributed by atoms with Gasteiger partial charge in [-0.05, 0) is 61.7 Å². The van der Waals surface area contributed by atoms with Gasteiger partial charge in [0.2, 0.25) is 0 Å². The van der Waals surface area contributed by atoms with E-state index in [9.17, 15) is 8.42 Å². The van der Waals surface area contributed by atoms with Gasteiger partial charge in [-0.15, -0.1) is 5.10 Å². The van der Waals surface area contributed by atoms with E-state index in [4.69, 9.17) is 0 Å². The molecule has 0 fully saturated rings. The van der Waals surface area contributed by atoms with Gasteiger partial charge in [0.15, 0.2) is 9.84 Å². The summed E-state index contributed by atoms with van der Waals surface area (Å²) in [6.45, 7) is 6.00. The molecule has 8 heteroatoms. The van der Waals surface area contributed by atoms with Gasteiger partial charge in [-0.1, -0.05) is 53.2 Å². The predicted octanol–water partition coefficient (Wildman–Crippen LogP) is 5.04. The lowest BCUT2D eigenvalue weighted by Gasteiger charge is -2.16. The highest BCUT2D eigenvalue weighted by Crippen LogP contribution is 2.30. The fourth-order valence-corrected chi connectivity index (χ4v) is 5.01. The highest BCUT2D eigenvalue weighted by Gasteiger charge is 2.17. The Hall–Kier alpha value is -4.04. The first-order valence-electron chi connectivity index (χ1n) is 11.6. The lowest BCUT2D eigenvalue weighted by atomic mass is 10.0. The van der Waals surface area contributed by atoms with Crippen molar-refractivity contribution in [1.29, 1.82) is 0 Å². The van der Waals surface area contributed by atoms with Gasteiger partial charge in [-0.3, -0.25) is 0 Å². The second-order valence-corrected chi connectivity index (χ2v) is 11.1. The van der Waals surface area contributed by atoms with Gasteiger partial charge in [-0.25, -0.2) is 18.1 Å². The van der Waals surface area contributed by atoms with Gasteiger partial charge >= 0.3 is 0 Å². The molecule has 0 saturated heterocycles. The fourth-order valence-electron chi connectivity index (χ4n) is 4.34. The van der Waals surface area contributed by atoms with Crippen LogP contribution in [0.3, 0.4) is 0 Å². The van der Waals surface area contributed by atoms with E-state index < -0.39 is 9.84 Å². The van der Waals surface area contributed by atoms with Crippen LogP contribution in [-0.4, -0.2) is 39.2 Å². The van der Waals surface area contributed by atoms with Crippen molar-refractivity contribution < 1.29 is 8.42 Å². The van der Waals surface area contributed by atoms with E-state index in [1.165, 1.54) is 11.8 Å². The number of hydrogen-bond acceptors (Lipinski definition) is 5. The number of rotatable bonds is 6. The van der Waals surface area contributed by atoms with Crippen LogP contribution in [0, 0.1) is 20.8 Å². The molecule has 0 bridgehead atoms. The van der Waals surface area contributed by atoms with Crippen molar-refractivity contribution in [3.05, 3.63) is 107 Å². The van der Waals surface area contributed by atoms with Gasteiger partial charge in [-0.2, -0.15) is 0 Å². The van der Waals surface area contributed by atoms with Crippen LogP contribution < -0.4 is 0 Å². The molecule has 0 atom stereocenters. The van der Waals surface area contributed by atoms with Crippen LogP contribution in [0.25, 0.3) is 22.5 Å². The Labute approximate surface area is 211 Å². The molecule has 36 heavy (non-hydrogen) atoms. The number of benzene rings is 3. The Bertz CT molecular complexity index is 1660. The van der Waals surface area contributed by atoms with Gasteiger partial charge in [0, 0.05) is 18.9 Å². The molecule has 0 aliphatic carbocycles. The topological polar surface area (TPSA) is 82.7 Å². The third kappa shape index (κ3) is 4.72. The number of aromatic nitrogens is 5. The second kappa shape index (κ2) is 9.20. The minimum absolute atomic E-state index is 0.285. The normalized spacial score (nSPS) is 11.7. The molecule has 0 amide bonds. The van der Waals surface area contributed by atoms with Crippen LogP contribution in [0.4, 0.5) is 0 Å². The SMILES string of the molecule is Cc1ccc(Cc2cnnn2-c2cc(-c3cccc(S(C)(=O)=O)c3)ccc2-n2cc(C)nc2C)cc1.